The molecular weight excluding hydrogens is 310 g/mol. The molecule has 7 heteroatoms. The molecule has 0 bridgehead atoms. The Morgan fingerprint density at radius 2 is 2.04 bits per heavy atom. The summed E-state index contributed by atoms with van der Waals surface area (Å²) in [4.78, 5) is 28.2. The van der Waals surface area contributed by atoms with Crippen molar-refractivity contribution in [2.24, 2.45) is 0 Å². The van der Waals surface area contributed by atoms with Crippen molar-refractivity contribution in [3.8, 4) is 5.88 Å². The van der Waals surface area contributed by atoms with Gasteiger partial charge >= 0.3 is 5.97 Å². The maximum Gasteiger partial charge on any atom is 0.339 e. The molecule has 0 unspecified atom stereocenters. The van der Waals surface area contributed by atoms with Gasteiger partial charge in [-0.1, -0.05) is 0 Å². The molecule has 2 rings (SSSR count). The maximum atomic E-state index is 12.2. The summed E-state index contributed by atoms with van der Waals surface area (Å²) in [6, 6.07) is 5.11. The summed E-state index contributed by atoms with van der Waals surface area (Å²) in [5.74, 6) is -0.111. The molecule has 24 heavy (non-hydrogen) atoms. The highest BCUT2D eigenvalue weighted by Gasteiger charge is 2.18. The van der Waals surface area contributed by atoms with E-state index in [9.17, 15) is 9.59 Å². The first-order chi connectivity index (χ1) is 11.5. The van der Waals surface area contributed by atoms with Gasteiger partial charge in [0.15, 0.2) is 0 Å². The molecule has 0 atom stereocenters. The topological polar surface area (TPSA) is 82.5 Å². The number of ether oxygens (including phenoxy) is 2. The number of aryl methyl sites for hydroxylation is 1. The number of anilines is 1. The Hall–Kier alpha value is -2.83. The molecular formula is C17H21N3O4. The second-order valence-corrected chi connectivity index (χ2v) is 5.23. The van der Waals surface area contributed by atoms with Gasteiger partial charge in [0, 0.05) is 17.5 Å². The van der Waals surface area contributed by atoms with Crippen molar-refractivity contribution < 1.29 is 19.1 Å². The Morgan fingerprint density at radius 1 is 1.29 bits per heavy atom. The highest BCUT2D eigenvalue weighted by Crippen LogP contribution is 2.17. The molecule has 0 aliphatic heterocycles. The lowest BCUT2D eigenvalue weighted by molar-refractivity contribution is -0.116. The van der Waals surface area contributed by atoms with Gasteiger partial charge in [0.25, 0.3) is 0 Å². The van der Waals surface area contributed by atoms with Gasteiger partial charge in [-0.2, -0.15) is 0 Å². The Balaban J connectivity index is 2.09. The maximum absolute atomic E-state index is 12.2. The summed E-state index contributed by atoms with van der Waals surface area (Å²) < 4.78 is 11.8. The molecule has 128 valence electrons. The number of hydrogen-bond acceptors (Lipinski definition) is 5. The number of rotatable bonds is 6. The monoisotopic (exact) mass is 331 g/mol. The van der Waals surface area contributed by atoms with E-state index in [4.69, 9.17) is 9.47 Å². The van der Waals surface area contributed by atoms with Crippen molar-refractivity contribution in [2.45, 2.75) is 27.3 Å². The van der Waals surface area contributed by atoms with Crippen LogP contribution in [-0.2, 0) is 16.1 Å². The first kappa shape index (κ1) is 17.5. The van der Waals surface area contributed by atoms with Crippen molar-refractivity contribution >= 4 is 17.6 Å². The van der Waals surface area contributed by atoms with Crippen molar-refractivity contribution in [1.29, 1.82) is 0 Å². The molecule has 0 aliphatic carbocycles. The van der Waals surface area contributed by atoms with Crippen LogP contribution in [0.5, 0.6) is 5.88 Å². The van der Waals surface area contributed by atoms with Crippen LogP contribution in [0, 0.1) is 13.8 Å². The Kier molecular flexibility index (Phi) is 5.57. The summed E-state index contributed by atoms with van der Waals surface area (Å²) >= 11 is 0. The minimum atomic E-state index is -0.378. The minimum Gasteiger partial charge on any atom is -0.481 e. The second-order valence-electron chi connectivity index (χ2n) is 5.23. The molecule has 2 aromatic heterocycles. The number of aromatic nitrogens is 2. The third kappa shape index (κ3) is 3.92. The lowest BCUT2D eigenvalue weighted by Crippen LogP contribution is -2.20. The molecule has 0 aliphatic rings. The fourth-order valence-corrected chi connectivity index (χ4v) is 2.38. The van der Waals surface area contributed by atoms with Gasteiger partial charge in [0.05, 0.1) is 31.2 Å². The van der Waals surface area contributed by atoms with Crippen LogP contribution in [0.15, 0.2) is 24.4 Å². The van der Waals surface area contributed by atoms with Gasteiger partial charge in [-0.15, -0.1) is 0 Å². The van der Waals surface area contributed by atoms with Crippen LogP contribution in [-0.4, -0.2) is 35.1 Å². The molecule has 7 nitrogen and oxygen atoms in total. The van der Waals surface area contributed by atoms with Gasteiger partial charge in [0.1, 0.15) is 6.54 Å². The third-order valence-corrected chi connectivity index (χ3v) is 3.60. The largest absolute Gasteiger partial charge is 0.481 e. The standard InChI is InChI=1S/C17H21N3O4/c1-5-24-17(22)14-8-11(2)20(12(14)3)10-15(21)19-13-6-7-16(23-4)18-9-13/h6-9H,5,10H2,1-4H3,(H,19,21). The van der Waals surface area contributed by atoms with Gasteiger partial charge in [-0.3, -0.25) is 4.79 Å². The van der Waals surface area contributed by atoms with E-state index in [1.807, 2.05) is 6.92 Å². The molecule has 0 aromatic carbocycles. The molecule has 0 saturated carbocycles. The zero-order valence-corrected chi connectivity index (χ0v) is 14.3. The number of nitrogens with one attached hydrogen (secondary N) is 1. The number of nitrogens with zero attached hydrogens (tertiary/aromatic N) is 2. The van der Waals surface area contributed by atoms with E-state index in [1.54, 1.807) is 36.6 Å². The first-order valence-corrected chi connectivity index (χ1v) is 7.60. The number of carbonyl (C=O) groups is 2. The summed E-state index contributed by atoms with van der Waals surface area (Å²) in [5, 5.41) is 2.77. The van der Waals surface area contributed by atoms with Crippen LogP contribution < -0.4 is 10.1 Å². The van der Waals surface area contributed by atoms with Crippen molar-refractivity contribution in [1.82, 2.24) is 9.55 Å². The van der Waals surface area contributed by atoms with Crippen LogP contribution in [0.4, 0.5) is 5.69 Å². The summed E-state index contributed by atoms with van der Waals surface area (Å²) in [7, 11) is 1.53. The predicted molar refractivity (Wildman–Crippen MR) is 89.3 cm³/mol. The number of esters is 1. The molecule has 0 fully saturated rings. The lowest BCUT2D eigenvalue weighted by Gasteiger charge is -2.10. The summed E-state index contributed by atoms with van der Waals surface area (Å²) in [6.07, 6.45) is 1.52. The molecule has 0 radical (unpaired) electrons. The average molecular weight is 331 g/mol. The van der Waals surface area contributed by atoms with Gasteiger partial charge in [0.2, 0.25) is 11.8 Å². The van der Waals surface area contributed by atoms with Crippen molar-refractivity contribution in [3.05, 3.63) is 41.3 Å². The summed E-state index contributed by atoms with van der Waals surface area (Å²) in [5.41, 5.74) is 2.58. The van der Waals surface area contributed by atoms with E-state index in [0.717, 1.165) is 5.69 Å². The fraction of sp³-hybridized carbons (Fsp3) is 0.353. The smallest absolute Gasteiger partial charge is 0.339 e. The number of pyridine rings is 1. The van der Waals surface area contributed by atoms with Gasteiger partial charge < -0.3 is 19.4 Å². The number of hydrogen-bond donors (Lipinski definition) is 1. The summed E-state index contributed by atoms with van der Waals surface area (Å²) in [6.45, 7) is 5.81. The molecule has 0 saturated heterocycles. The van der Waals surface area contributed by atoms with E-state index in [0.29, 0.717) is 29.4 Å². The van der Waals surface area contributed by atoms with Crippen LogP contribution >= 0.6 is 0 Å². The quantitative estimate of drug-likeness (QED) is 0.822. The fourth-order valence-electron chi connectivity index (χ4n) is 2.38. The number of carbonyl (C=O) groups excluding carboxylic acids is 2. The molecule has 0 spiro atoms. The highest BCUT2D eigenvalue weighted by molar-refractivity contribution is 5.93. The predicted octanol–water partition coefficient (Wildman–Crippen LogP) is 2.32. The lowest BCUT2D eigenvalue weighted by atomic mass is 10.2. The SMILES string of the molecule is CCOC(=O)c1cc(C)n(CC(=O)Nc2ccc(OC)nc2)c1C. The van der Waals surface area contributed by atoms with Crippen LogP contribution in [0.2, 0.25) is 0 Å². The van der Waals surface area contributed by atoms with E-state index >= 15 is 0 Å². The first-order valence-electron chi connectivity index (χ1n) is 7.60. The zero-order valence-electron chi connectivity index (χ0n) is 14.3. The third-order valence-electron chi connectivity index (χ3n) is 3.60. The Bertz CT molecular complexity index is 735. The molecule has 1 amide bonds. The zero-order chi connectivity index (χ0) is 17.7. The Morgan fingerprint density at radius 3 is 2.62 bits per heavy atom. The van der Waals surface area contributed by atoms with E-state index < -0.39 is 0 Å². The van der Waals surface area contributed by atoms with Gasteiger partial charge in [-0.25, -0.2) is 9.78 Å². The van der Waals surface area contributed by atoms with Crippen molar-refractivity contribution in [3.63, 3.8) is 0 Å². The van der Waals surface area contributed by atoms with Crippen molar-refractivity contribution in [2.75, 3.05) is 19.0 Å². The number of methoxy groups -OCH3 is 1. The minimum absolute atomic E-state index is 0.100. The van der Waals surface area contributed by atoms with Crippen LogP contribution in [0.3, 0.4) is 0 Å². The normalized spacial score (nSPS) is 10.3. The van der Waals surface area contributed by atoms with E-state index in [2.05, 4.69) is 10.3 Å². The van der Waals surface area contributed by atoms with Gasteiger partial charge in [-0.05, 0) is 32.9 Å². The molecule has 2 heterocycles. The molecule has 1 N–H and O–H groups in total. The number of amides is 1. The average Bonchev–Trinajstić information content (AvgIpc) is 2.84. The van der Waals surface area contributed by atoms with Crippen LogP contribution in [0.1, 0.15) is 28.7 Å². The van der Waals surface area contributed by atoms with E-state index in [-0.39, 0.29) is 18.4 Å². The molecule has 2 aromatic rings. The second kappa shape index (κ2) is 7.63. The Labute approximate surface area is 140 Å². The van der Waals surface area contributed by atoms with Crippen LogP contribution in [0.25, 0.3) is 0 Å². The van der Waals surface area contributed by atoms with E-state index in [1.165, 1.54) is 13.3 Å². The highest BCUT2D eigenvalue weighted by atomic mass is 16.5.